The molecular weight excluding hydrogens is 326 g/mol. The third-order valence-electron chi connectivity index (χ3n) is 6.22. The van der Waals surface area contributed by atoms with Crippen LogP contribution in [-0.4, -0.2) is 65.4 Å². The van der Waals surface area contributed by atoms with Gasteiger partial charge in [-0.15, -0.1) is 0 Å². The van der Waals surface area contributed by atoms with Crippen LogP contribution in [0.2, 0.25) is 0 Å². The molecule has 3 aliphatic rings. The molecule has 1 amide bonds. The minimum Gasteiger partial charge on any atom is -0.354 e. The molecule has 6 nitrogen and oxygen atoms in total. The Morgan fingerprint density at radius 2 is 1.73 bits per heavy atom. The van der Waals surface area contributed by atoms with E-state index in [1.165, 1.54) is 24.8 Å². The third-order valence-corrected chi connectivity index (χ3v) is 6.22. The number of nitrogens with zero attached hydrogens (tertiary/aromatic N) is 5. The average molecular weight is 358 g/mol. The Labute approximate surface area is 156 Å². The van der Waals surface area contributed by atoms with E-state index in [1.54, 1.807) is 0 Å². The van der Waals surface area contributed by atoms with Gasteiger partial charge >= 0.3 is 0 Å². The normalized spacial score (nSPS) is 22.4. The van der Waals surface area contributed by atoms with Crippen molar-refractivity contribution in [2.45, 2.75) is 52.0 Å². The highest BCUT2D eigenvalue weighted by Crippen LogP contribution is 2.31. The average Bonchev–Trinajstić information content (AvgIpc) is 2.68. The fourth-order valence-electron chi connectivity index (χ4n) is 4.59. The molecule has 1 saturated heterocycles. The molecule has 26 heavy (non-hydrogen) atoms. The minimum absolute atomic E-state index is 0.240. The maximum absolute atomic E-state index is 13.0. The molecule has 1 saturated carbocycles. The Kier molecular flexibility index (Phi) is 5.11. The molecule has 1 aliphatic carbocycles. The zero-order valence-electron chi connectivity index (χ0n) is 16.2. The van der Waals surface area contributed by atoms with Gasteiger partial charge in [0.15, 0.2) is 0 Å². The monoisotopic (exact) mass is 357 g/mol. The van der Waals surface area contributed by atoms with Crippen LogP contribution in [0.1, 0.15) is 49.2 Å². The first-order valence-corrected chi connectivity index (χ1v) is 10.2. The number of piperazine rings is 1. The van der Waals surface area contributed by atoms with Crippen molar-refractivity contribution in [2.24, 2.45) is 5.92 Å². The molecule has 0 radical (unpaired) electrons. The van der Waals surface area contributed by atoms with E-state index < -0.39 is 0 Å². The highest BCUT2D eigenvalue weighted by molar-refractivity contribution is 5.79. The molecule has 2 aliphatic heterocycles. The van der Waals surface area contributed by atoms with Crippen LogP contribution in [0, 0.1) is 12.8 Å². The van der Waals surface area contributed by atoms with Crippen LogP contribution in [0.3, 0.4) is 0 Å². The first-order chi connectivity index (χ1) is 12.6. The van der Waals surface area contributed by atoms with E-state index in [4.69, 9.17) is 9.97 Å². The van der Waals surface area contributed by atoms with Crippen LogP contribution in [0.25, 0.3) is 0 Å². The van der Waals surface area contributed by atoms with Gasteiger partial charge in [-0.1, -0.05) is 19.3 Å². The molecule has 0 unspecified atom stereocenters. The van der Waals surface area contributed by atoms with Crippen LogP contribution < -0.4 is 4.90 Å². The molecule has 0 atom stereocenters. The van der Waals surface area contributed by atoms with Gasteiger partial charge in [0.05, 0.1) is 12.2 Å². The number of rotatable bonds is 2. The summed E-state index contributed by atoms with van der Waals surface area (Å²) in [4.78, 5) is 29.4. The topological polar surface area (TPSA) is 52.6 Å². The number of likely N-dealkylation sites (N-methyl/N-ethyl adjacent to an activating group) is 1. The van der Waals surface area contributed by atoms with E-state index in [1.807, 2.05) is 6.92 Å². The smallest absolute Gasteiger partial charge is 0.225 e. The molecule has 0 bridgehead atoms. The molecular formula is C20H31N5O. The second-order valence-corrected chi connectivity index (χ2v) is 8.15. The summed E-state index contributed by atoms with van der Waals surface area (Å²) in [6, 6.07) is 0. The molecule has 6 heteroatoms. The second-order valence-electron chi connectivity index (χ2n) is 8.15. The lowest BCUT2D eigenvalue weighted by atomic mass is 9.87. The summed E-state index contributed by atoms with van der Waals surface area (Å²) >= 11 is 0. The summed E-state index contributed by atoms with van der Waals surface area (Å²) in [6.07, 6.45) is 6.69. The fraction of sp³-hybridized carbons (Fsp3) is 0.750. The number of fused-ring (bicyclic) bond motifs is 1. The van der Waals surface area contributed by atoms with Crippen molar-refractivity contribution in [1.29, 1.82) is 0 Å². The van der Waals surface area contributed by atoms with E-state index in [-0.39, 0.29) is 5.92 Å². The van der Waals surface area contributed by atoms with Gasteiger partial charge in [0.25, 0.3) is 0 Å². The van der Waals surface area contributed by atoms with Gasteiger partial charge in [0.2, 0.25) is 5.91 Å². The van der Waals surface area contributed by atoms with Gasteiger partial charge in [-0.2, -0.15) is 0 Å². The highest BCUT2D eigenvalue weighted by atomic mass is 16.2. The van der Waals surface area contributed by atoms with Crippen LogP contribution in [-0.2, 0) is 17.8 Å². The van der Waals surface area contributed by atoms with Gasteiger partial charge in [-0.05, 0) is 26.8 Å². The number of anilines is 1. The van der Waals surface area contributed by atoms with E-state index in [0.29, 0.717) is 12.5 Å². The standard InChI is InChI=1S/C20H31N5O/c1-15-21-18-8-9-25(20(26)16-6-4-3-5-7-16)14-17(18)19(22-15)24-12-10-23(2)11-13-24/h16H,3-14H2,1-2H3. The Morgan fingerprint density at radius 3 is 2.46 bits per heavy atom. The first kappa shape index (κ1) is 17.7. The summed E-state index contributed by atoms with van der Waals surface area (Å²) < 4.78 is 0. The van der Waals surface area contributed by atoms with E-state index in [2.05, 4.69) is 21.7 Å². The summed E-state index contributed by atoms with van der Waals surface area (Å²) in [5, 5.41) is 0. The predicted molar refractivity (Wildman–Crippen MR) is 102 cm³/mol. The molecule has 3 heterocycles. The minimum atomic E-state index is 0.240. The van der Waals surface area contributed by atoms with Crippen molar-refractivity contribution < 1.29 is 4.79 Å². The van der Waals surface area contributed by atoms with E-state index in [9.17, 15) is 4.79 Å². The molecule has 0 spiro atoms. The summed E-state index contributed by atoms with van der Waals surface area (Å²) in [7, 11) is 2.17. The Balaban J connectivity index is 1.56. The van der Waals surface area contributed by atoms with Crippen molar-refractivity contribution in [3.63, 3.8) is 0 Å². The molecule has 4 rings (SSSR count). The largest absolute Gasteiger partial charge is 0.354 e. The lowest BCUT2D eigenvalue weighted by Gasteiger charge is -2.37. The van der Waals surface area contributed by atoms with E-state index in [0.717, 1.165) is 69.3 Å². The maximum Gasteiger partial charge on any atom is 0.225 e. The van der Waals surface area contributed by atoms with Crippen molar-refractivity contribution in [2.75, 3.05) is 44.7 Å². The van der Waals surface area contributed by atoms with Crippen molar-refractivity contribution in [1.82, 2.24) is 19.8 Å². The number of hydrogen-bond donors (Lipinski definition) is 0. The van der Waals surface area contributed by atoms with Crippen LogP contribution >= 0.6 is 0 Å². The van der Waals surface area contributed by atoms with Crippen molar-refractivity contribution in [3.05, 3.63) is 17.1 Å². The van der Waals surface area contributed by atoms with Gasteiger partial charge < -0.3 is 14.7 Å². The second kappa shape index (κ2) is 7.51. The van der Waals surface area contributed by atoms with Crippen LogP contribution in [0.5, 0.6) is 0 Å². The van der Waals surface area contributed by atoms with Gasteiger partial charge in [-0.3, -0.25) is 4.79 Å². The van der Waals surface area contributed by atoms with Gasteiger partial charge in [-0.25, -0.2) is 9.97 Å². The van der Waals surface area contributed by atoms with E-state index >= 15 is 0 Å². The lowest BCUT2D eigenvalue weighted by molar-refractivity contribution is -0.137. The van der Waals surface area contributed by atoms with Crippen molar-refractivity contribution in [3.8, 4) is 0 Å². The number of carbonyl (C=O) groups excluding carboxylic acids is 1. The van der Waals surface area contributed by atoms with Gasteiger partial charge in [0.1, 0.15) is 11.6 Å². The molecule has 2 fully saturated rings. The maximum atomic E-state index is 13.0. The van der Waals surface area contributed by atoms with Crippen molar-refractivity contribution >= 4 is 11.7 Å². The molecule has 0 N–H and O–H groups in total. The lowest BCUT2D eigenvalue weighted by Crippen LogP contribution is -2.46. The number of carbonyl (C=O) groups is 1. The number of amides is 1. The molecule has 1 aromatic heterocycles. The highest BCUT2D eigenvalue weighted by Gasteiger charge is 2.31. The molecule has 142 valence electrons. The molecule has 0 aromatic carbocycles. The Hall–Kier alpha value is -1.69. The van der Waals surface area contributed by atoms with Crippen LogP contribution in [0.4, 0.5) is 5.82 Å². The Bertz CT molecular complexity index is 662. The first-order valence-electron chi connectivity index (χ1n) is 10.2. The Morgan fingerprint density at radius 1 is 1.00 bits per heavy atom. The SMILES string of the molecule is Cc1nc2c(c(N3CCN(C)CC3)n1)CN(C(=O)C1CCCCC1)CC2. The number of hydrogen-bond acceptors (Lipinski definition) is 5. The fourth-order valence-corrected chi connectivity index (χ4v) is 4.59. The number of aryl methyl sites for hydroxylation is 1. The zero-order valence-corrected chi connectivity index (χ0v) is 16.2. The predicted octanol–water partition coefficient (Wildman–Crippen LogP) is 2.00. The zero-order chi connectivity index (χ0) is 18.1. The third kappa shape index (κ3) is 3.56. The summed E-state index contributed by atoms with van der Waals surface area (Å²) in [6.45, 7) is 7.59. The number of aromatic nitrogens is 2. The summed E-state index contributed by atoms with van der Waals surface area (Å²) in [5.41, 5.74) is 2.34. The van der Waals surface area contributed by atoms with Gasteiger partial charge in [0, 0.05) is 50.6 Å². The summed E-state index contributed by atoms with van der Waals surface area (Å²) in [5.74, 6) is 2.52. The quantitative estimate of drug-likeness (QED) is 0.810. The van der Waals surface area contributed by atoms with Crippen LogP contribution in [0.15, 0.2) is 0 Å². The molecule has 1 aromatic rings.